The fourth-order valence-corrected chi connectivity index (χ4v) is 4.08. The quantitative estimate of drug-likeness (QED) is 0.597. The van der Waals surface area contributed by atoms with E-state index in [9.17, 15) is 18.0 Å². The van der Waals surface area contributed by atoms with Crippen molar-refractivity contribution in [3.8, 4) is 11.5 Å². The number of hydrogen-bond donors (Lipinski definition) is 1. The van der Waals surface area contributed by atoms with Crippen LogP contribution in [0.1, 0.15) is 30.5 Å². The van der Waals surface area contributed by atoms with Gasteiger partial charge in [0.2, 0.25) is 0 Å². The van der Waals surface area contributed by atoms with Crippen molar-refractivity contribution in [3.63, 3.8) is 0 Å². The molecule has 6 nitrogen and oxygen atoms in total. The number of benzene rings is 1. The highest BCUT2D eigenvalue weighted by molar-refractivity contribution is 5.85. The Morgan fingerprint density at radius 3 is 2.70 bits per heavy atom. The molecule has 0 bridgehead atoms. The molecule has 10 heteroatoms. The number of fused-ring (bicyclic) bond motifs is 1. The molecule has 3 heterocycles. The predicted octanol–water partition coefficient (Wildman–Crippen LogP) is 4.39. The maximum Gasteiger partial charge on any atom is 0.416 e. The minimum absolute atomic E-state index is 0. The Hall–Kier alpha value is -2.49. The molecule has 1 saturated heterocycles. The molecule has 1 aliphatic heterocycles. The first-order valence-electron chi connectivity index (χ1n) is 10.5. The van der Waals surface area contributed by atoms with Gasteiger partial charge < -0.3 is 9.72 Å². The highest BCUT2D eigenvalue weighted by Gasteiger charge is 2.31. The zero-order chi connectivity index (χ0) is 23.1. The van der Waals surface area contributed by atoms with Crippen LogP contribution in [0.2, 0.25) is 0 Å². The number of pyridine rings is 1. The Balaban J connectivity index is 0.00000306. The summed E-state index contributed by atoms with van der Waals surface area (Å²) in [5.74, 6) is 0.0139. The van der Waals surface area contributed by atoms with Crippen molar-refractivity contribution in [3.05, 3.63) is 57.5 Å². The molecular formula is C23H26ClF3N4O2. The van der Waals surface area contributed by atoms with Gasteiger partial charge in [0, 0.05) is 25.8 Å². The zero-order valence-corrected chi connectivity index (χ0v) is 19.4. The number of alkyl halides is 3. The van der Waals surface area contributed by atoms with Crippen molar-refractivity contribution in [2.24, 2.45) is 0 Å². The average molecular weight is 483 g/mol. The van der Waals surface area contributed by atoms with Crippen LogP contribution in [0.15, 0.2) is 35.3 Å². The number of aromatic amines is 1. The molecule has 4 rings (SSSR count). The van der Waals surface area contributed by atoms with E-state index in [4.69, 9.17) is 4.74 Å². The van der Waals surface area contributed by atoms with Gasteiger partial charge in [-0.1, -0.05) is 6.07 Å². The molecular weight excluding hydrogens is 457 g/mol. The Kier molecular flexibility index (Phi) is 7.16. The third-order valence-corrected chi connectivity index (χ3v) is 5.61. The van der Waals surface area contributed by atoms with Crippen molar-refractivity contribution >= 4 is 23.3 Å². The van der Waals surface area contributed by atoms with E-state index in [1.807, 2.05) is 19.1 Å². The van der Waals surface area contributed by atoms with Crippen LogP contribution in [0, 0.1) is 6.92 Å². The number of nitrogens with one attached hydrogen (secondary N) is 1. The van der Waals surface area contributed by atoms with Crippen LogP contribution >= 0.6 is 12.4 Å². The predicted molar refractivity (Wildman–Crippen MR) is 123 cm³/mol. The largest absolute Gasteiger partial charge is 0.416 e. The molecule has 1 N–H and O–H groups in total. The molecule has 0 unspecified atom stereocenters. The molecule has 1 aromatic carbocycles. The summed E-state index contributed by atoms with van der Waals surface area (Å²) in [6.07, 6.45) is -2.68. The van der Waals surface area contributed by atoms with Crippen LogP contribution in [0.4, 0.5) is 13.2 Å². The molecule has 1 fully saturated rings. The lowest BCUT2D eigenvalue weighted by Gasteiger charge is -2.38. The summed E-state index contributed by atoms with van der Waals surface area (Å²) in [6, 6.07) is 5.56. The lowest BCUT2D eigenvalue weighted by Crippen LogP contribution is -2.48. The van der Waals surface area contributed by atoms with Gasteiger partial charge in [-0.25, -0.2) is 4.98 Å². The molecule has 178 valence electrons. The minimum atomic E-state index is -4.50. The molecule has 3 aromatic rings. The molecule has 33 heavy (non-hydrogen) atoms. The maximum absolute atomic E-state index is 13.0. The second-order valence-electron chi connectivity index (χ2n) is 8.79. The molecule has 0 aliphatic carbocycles. The lowest BCUT2D eigenvalue weighted by molar-refractivity contribution is -0.137. The van der Waals surface area contributed by atoms with Crippen molar-refractivity contribution in [1.29, 1.82) is 0 Å². The summed E-state index contributed by atoms with van der Waals surface area (Å²) in [7, 11) is 0. The summed E-state index contributed by atoms with van der Waals surface area (Å²) >= 11 is 0. The van der Waals surface area contributed by atoms with E-state index in [1.165, 1.54) is 0 Å². The lowest BCUT2D eigenvalue weighted by atomic mass is 10.0. The number of aryl methyl sites for hydroxylation is 1. The molecule has 0 saturated carbocycles. The Morgan fingerprint density at radius 1 is 1.24 bits per heavy atom. The van der Waals surface area contributed by atoms with Gasteiger partial charge in [-0.15, -0.1) is 12.4 Å². The second kappa shape index (κ2) is 9.40. The van der Waals surface area contributed by atoms with E-state index >= 15 is 0 Å². The molecule has 0 atom stereocenters. The number of H-pyrrole nitrogens is 1. The number of nitrogens with zero attached hydrogens (tertiary/aromatic N) is 3. The van der Waals surface area contributed by atoms with Crippen LogP contribution in [0.25, 0.3) is 22.4 Å². The standard InChI is InChI=1S/C23H25F3N4O2.ClH/c1-14-10-15(5-7-30-8-9-32-22(2,3)13-30)11-17-19(14)28-20(29-21(17)31)18-12-16(4-6-27-18)23(24,25)26;/h4,6,10-12H,5,7-9,13H2,1-3H3,(H,28,29,31);1H. The smallest absolute Gasteiger partial charge is 0.373 e. The van der Waals surface area contributed by atoms with Crippen LogP contribution in [0.3, 0.4) is 0 Å². The van der Waals surface area contributed by atoms with Gasteiger partial charge in [-0.05, 0) is 56.5 Å². The van der Waals surface area contributed by atoms with Gasteiger partial charge in [-0.2, -0.15) is 13.2 Å². The van der Waals surface area contributed by atoms with E-state index in [2.05, 4.69) is 33.7 Å². The number of hydrogen-bond acceptors (Lipinski definition) is 5. The second-order valence-corrected chi connectivity index (χ2v) is 8.79. The van der Waals surface area contributed by atoms with Crippen LogP contribution in [0.5, 0.6) is 0 Å². The van der Waals surface area contributed by atoms with Gasteiger partial charge in [0.1, 0.15) is 5.69 Å². The Morgan fingerprint density at radius 2 is 2.00 bits per heavy atom. The summed E-state index contributed by atoms with van der Waals surface area (Å²) in [6.45, 7) is 9.23. The number of ether oxygens (including phenoxy) is 1. The fraction of sp³-hybridized carbons (Fsp3) is 0.435. The van der Waals surface area contributed by atoms with Crippen molar-refractivity contribution in [2.75, 3.05) is 26.2 Å². The highest BCUT2D eigenvalue weighted by atomic mass is 35.5. The van der Waals surface area contributed by atoms with Gasteiger partial charge in [-0.3, -0.25) is 14.7 Å². The average Bonchev–Trinajstić information content (AvgIpc) is 2.71. The molecule has 0 amide bonds. The Labute approximate surface area is 195 Å². The van der Waals surface area contributed by atoms with Gasteiger partial charge in [0.15, 0.2) is 5.82 Å². The SMILES string of the molecule is Cc1cc(CCN2CCOC(C)(C)C2)cc2c(=O)[nH]c(-c3cc(C(F)(F)F)ccn3)nc12.Cl. The molecule has 0 radical (unpaired) electrons. The van der Waals surface area contributed by atoms with Gasteiger partial charge in [0.05, 0.1) is 28.7 Å². The Bertz CT molecular complexity index is 1210. The summed E-state index contributed by atoms with van der Waals surface area (Å²) < 4.78 is 44.9. The van der Waals surface area contributed by atoms with Crippen molar-refractivity contribution < 1.29 is 17.9 Å². The number of morpholine rings is 1. The van der Waals surface area contributed by atoms with E-state index in [-0.39, 0.29) is 29.5 Å². The van der Waals surface area contributed by atoms with Gasteiger partial charge in [0.25, 0.3) is 5.56 Å². The third kappa shape index (κ3) is 5.72. The highest BCUT2D eigenvalue weighted by Crippen LogP contribution is 2.30. The summed E-state index contributed by atoms with van der Waals surface area (Å²) in [5.41, 5.74) is 0.810. The van der Waals surface area contributed by atoms with Crippen LogP contribution < -0.4 is 5.56 Å². The zero-order valence-electron chi connectivity index (χ0n) is 18.6. The molecule has 2 aromatic heterocycles. The normalized spacial score (nSPS) is 16.5. The summed E-state index contributed by atoms with van der Waals surface area (Å²) in [5, 5.41) is 0.415. The first kappa shape index (κ1) is 25.1. The van der Waals surface area contributed by atoms with Gasteiger partial charge >= 0.3 is 6.18 Å². The summed E-state index contributed by atoms with van der Waals surface area (Å²) in [4.78, 5) is 26.1. The third-order valence-electron chi connectivity index (χ3n) is 5.61. The first-order chi connectivity index (χ1) is 15.0. The van der Waals surface area contributed by atoms with E-state index in [0.29, 0.717) is 17.5 Å². The molecule has 1 aliphatic rings. The molecule has 0 spiro atoms. The van der Waals surface area contributed by atoms with E-state index in [1.54, 1.807) is 0 Å². The number of rotatable bonds is 4. The van der Waals surface area contributed by atoms with Crippen LogP contribution in [-0.4, -0.2) is 51.7 Å². The number of halogens is 4. The first-order valence-corrected chi connectivity index (χ1v) is 10.5. The van der Waals surface area contributed by atoms with Crippen molar-refractivity contribution in [1.82, 2.24) is 19.9 Å². The fourth-order valence-electron chi connectivity index (χ4n) is 4.08. The van der Waals surface area contributed by atoms with Crippen LogP contribution in [-0.2, 0) is 17.3 Å². The maximum atomic E-state index is 13.0. The van der Waals surface area contributed by atoms with Crippen molar-refractivity contribution in [2.45, 2.75) is 39.0 Å². The topological polar surface area (TPSA) is 71.1 Å². The monoisotopic (exact) mass is 482 g/mol. The number of aromatic nitrogens is 3. The van der Waals surface area contributed by atoms with E-state index in [0.717, 1.165) is 55.5 Å². The minimum Gasteiger partial charge on any atom is -0.373 e. The van der Waals surface area contributed by atoms with E-state index < -0.39 is 17.3 Å².